The third kappa shape index (κ3) is 6.31. The van der Waals surface area contributed by atoms with E-state index in [0.29, 0.717) is 24.2 Å². The molecule has 6 nitrogen and oxygen atoms in total. The molecule has 0 aliphatic rings. The van der Waals surface area contributed by atoms with Crippen molar-refractivity contribution in [2.75, 3.05) is 24.4 Å². The van der Waals surface area contributed by atoms with Crippen LogP contribution in [-0.2, 0) is 14.3 Å². The SMILES string of the molecule is COCC(=O)Nc1ccc(NC(=O)CCC(C)N)cc1. The normalized spacial score (nSPS) is 11.8. The molecule has 1 unspecified atom stereocenters. The number of methoxy groups -OCH3 is 1. The van der Waals surface area contributed by atoms with Gasteiger partial charge in [0, 0.05) is 30.9 Å². The van der Waals surface area contributed by atoms with Crippen LogP contribution >= 0.6 is 0 Å². The summed E-state index contributed by atoms with van der Waals surface area (Å²) >= 11 is 0. The highest BCUT2D eigenvalue weighted by molar-refractivity contribution is 5.93. The molecule has 6 heteroatoms. The minimum atomic E-state index is -0.221. The summed E-state index contributed by atoms with van der Waals surface area (Å²) in [6, 6.07) is 6.90. The Morgan fingerprint density at radius 2 is 1.65 bits per heavy atom. The number of anilines is 2. The molecule has 4 N–H and O–H groups in total. The van der Waals surface area contributed by atoms with Gasteiger partial charge in [0.15, 0.2) is 0 Å². The van der Waals surface area contributed by atoms with Crippen LogP contribution < -0.4 is 16.4 Å². The Hall–Kier alpha value is -1.92. The maximum absolute atomic E-state index is 11.6. The molecule has 0 spiro atoms. The molecule has 0 aliphatic heterocycles. The molecule has 2 amide bonds. The van der Waals surface area contributed by atoms with Crippen LogP contribution in [0, 0.1) is 0 Å². The second-order valence-electron chi connectivity index (χ2n) is 4.62. The third-order valence-electron chi connectivity index (χ3n) is 2.55. The van der Waals surface area contributed by atoms with Gasteiger partial charge in [-0.25, -0.2) is 0 Å². The summed E-state index contributed by atoms with van der Waals surface area (Å²) in [4.78, 5) is 22.9. The predicted octanol–water partition coefficient (Wildman–Crippen LogP) is 1.34. The highest BCUT2D eigenvalue weighted by Crippen LogP contribution is 2.14. The summed E-state index contributed by atoms with van der Waals surface area (Å²) in [7, 11) is 1.46. The van der Waals surface area contributed by atoms with E-state index < -0.39 is 0 Å². The monoisotopic (exact) mass is 279 g/mol. The van der Waals surface area contributed by atoms with Crippen LogP contribution in [0.4, 0.5) is 11.4 Å². The highest BCUT2D eigenvalue weighted by Gasteiger charge is 2.05. The molecule has 1 rings (SSSR count). The number of hydrogen-bond acceptors (Lipinski definition) is 4. The fourth-order valence-electron chi connectivity index (χ4n) is 1.55. The van der Waals surface area contributed by atoms with Crippen molar-refractivity contribution < 1.29 is 14.3 Å². The molecule has 0 heterocycles. The van der Waals surface area contributed by atoms with E-state index in [2.05, 4.69) is 10.6 Å². The minimum Gasteiger partial charge on any atom is -0.375 e. The fraction of sp³-hybridized carbons (Fsp3) is 0.429. The summed E-state index contributed by atoms with van der Waals surface area (Å²) in [6.45, 7) is 1.88. The molecule has 0 aromatic heterocycles. The van der Waals surface area contributed by atoms with Crippen LogP contribution in [0.2, 0.25) is 0 Å². The topological polar surface area (TPSA) is 93.5 Å². The number of carbonyl (C=O) groups excluding carboxylic acids is 2. The van der Waals surface area contributed by atoms with Crippen molar-refractivity contribution in [1.82, 2.24) is 0 Å². The number of benzene rings is 1. The quantitative estimate of drug-likeness (QED) is 0.702. The number of amides is 2. The van der Waals surface area contributed by atoms with Crippen LogP contribution in [0.3, 0.4) is 0 Å². The smallest absolute Gasteiger partial charge is 0.250 e. The van der Waals surface area contributed by atoms with Crippen molar-refractivity contribution >= 4 is 23.2 Å². The molecule has 0 saturated carbocycles. The Balaban J connectivity index is 2.46. The van der Waals surface area contributed by atoms with Gasteiger partial charge in [-0.05, 0) is 37.6 Å². The van der Waals surface area contributed by atoms with Gasteiger partial charge in [-0.2, -0.15) is 0 Å². The minimum absolute atomic E-state index is 0.00968. The number of ether oxygens (including phenoxy) is 1. The molecule has 20 heavy (non-hydrogen) atoms. The van der Waals surface area contributed by atoms with Gasteiger partial charge in [-0.3, -0.25) is 9.59 Å². The molecule has 1 atom stereocenters. The molecule has 110 valence electrons. The van der Waals surface area contributed by atoms with Gasteiger partial charge in [0.25, 0.3) is 0 Å². The second kappa shape index (κ2) is 8.29. The van der Waals surface area contributed by atoms with Gasteiger partial charge in [-0.1, -0.05) is 0 Å². The lowest BCUT2D eigenvalue weighted by atomic mass is 10.2. The van der Waals surface area contributed by atoms with Crippen molar-refractivity contribution in [3.8, 4) is 0 Å². The number of nitrogens with one attached hydrogen (secondary N) is 2. The Morgan fingerprint density at radius 3 is 2.10 bits per heavy atom. The largest absolute Gasteiger partial charge is 0.375 e. The zero-order valence-electron chi connectivity index (χ0n) is 11.8. The Morgan fingerprint density at radius 1 is 1.15 bits per heavy atom. The Bertz CT molecular complexity index is 443. The lowest BCUT2D eigenvalue weighted by Crippen LogP contribution is -2.19. The average Bonchev–Trinajstić information content (AvgIpc) is 2.39. The maximum Gasteiger partial charge on any atom is 0.250 e. The summed E-state index contributed by atoms with van der Waals surface area (Å²) in [5.41, 5.74) is 6.93. The van der Waals surface area contributed by atoms with Crippen molar-refractivity contribution in [1.29, 1.82) is 0 Å². The first-order chi connectivity index (χ1) is 9.51. The fourth-order valence-corrected chi connectivity index (χ4v) is 1.55. The first-order valence-electron chi connectivity index (χ1n) is 6.45. The summed E-state index contributed by atoms with van der Waals surface area (Å²) in [5.74, 6) is -0.292. The predicted molar refractivity (Wildman–Crippen MR) is 78.5 cm³/mol. The molecule has 1 aromatic carbocycles. The van der Waals surface area contributed by atoms with Gasteiger partial charge < -0.3 is 21.1 Å². The highest BCUT2D eigenvalue weighted by atomic mass is 16.5. The summed E-state index contributed by atoms with van der Waals surface area (Å²) < 4.78 is 4.72. The Kier molecular flexibility index (Phi) is 6.69. The molecule has 0 fully saturated rings. The van der Waals surface area contributed by atoms with Crippen molar-refractivity contribution in [2.24, 2.45) is 5.73 Å². The van der Waals surface area contributed by atoms with Crippen molar-refractivity contribution in [3.63, 3.8) is 0 Å². The molecule has 0 bridgehead atoms. The number of nitrogens with two attached hydrogens (primary N) is 1. The van der Waals surface area contributed by atoms with Crippen LogP contribution in [0.25, 0.3) is 0 Å². The third-order valence-corrected chi connectivity index (χ3v) is 2.55. The van der Waals surface area contributed by atoms with E-state index in [-0.39, 0.29) is 24.5 Å². The second-order valence-corrected chi connectivity index (χ2v) is 4.62. The van der Waals surface area contributed by atoms with E-state index >= 15 is 0 Å². The van der Waals surface area contributed by atoms with Crippen LogP contribution in [-0.4, -0.2) is 31.6 Å². The van der Waals surface area contributed by atoms with Gasteiger partial charge in [-0.15, -0.1) is 0 Å². The maximum atomic E-state index is 11.6. The van der Waals surface area contributed by atoms with E-state index in [9.17, 15) is 9.59 Å². The van der Waals surface area contributed by atoms with Crippen LogP contribution in [0.15, 0.2) is 24.3 Å². The summed E-state index contributed by atoms with van der Waals surface area (Å²) in [5, 5.41) is 5.44. The standard InChI is InChI=1S/C14H21N3O3/c1-10(15)3-8-13(18)16-11-4-6-12(7-5-11)17-14(19)9-20-2/h4-7,10H,3,8-9,15H2,1-2H3,(H,16,18)(H,17,19). The number of carbonyl (C=O) groups is 2. The molecule has 1 aromatic rings. The van der Waals surface area contributed by atoms with E-state index in [1.165, 1.54) is 7.11 Å². The van der Waals surface area contributed by atoms with Gasteiger partial charge in [0.2, 0.25) is 11.8 Å². The Labute approximate surface area is 118 Å². The van der Waals surface area contributed by atoms with Gasteiger partial charge in [0.05, 0.1) is 0 Å². The number of hydrogen-bond donors (Lipinski definition) is 3. The van der Waals surface area contributed by atoms with E-state index in [0.717, 1.165) is 0 Å². The first-order valence-corrected chi connectivity index (χ1v) is 6.45. The van der Waals surface area contributed by atoms with Gasteiger partial charge >= 0.3 is 0 Å². The lowest BCUT2D eigenvalue weighted by molar-refractivity contribution is -0.119. The zero-order valence-corrected chi connectivity index (χ0v) is 11.8. The molecule has 0 aliphatic carbocycles. The lowest BCUT2D eigenvalue weighted by Gasteiger charge is -2.08. The van der Waals surface area contributed by atoms with Crippen LogP contribution in [0.5, 0.6) is 0 Å². The van der Waals surface area contributed by atoms with E-state index in [4.69, 9.17) is 10.5 Å². The molecular formula is C14H21N3O3. The van der Waals surface area contributed by atoms with Crippen molar-refractivity contribution in [3.05, 3.63) is 24.3 Å². The number of rotatable bonds is 7. The van der Waals surface area contributed by atoms with Crippen LogP contribution in [0.1, 0.15) is 19.8 Å². The van der Waals surface area contributed by atoms with Crippen molar-refractivity contribution in [2.45, 2.75) is 25.8 Å². The van der Waals surface area contributed by atoms with Gasteiger partial charge in [0.1, 0.15) is 6.61 Å². The van der Waals surface area contributed by atoms with E-state index in [1.54, 1.807) is 24.3 Å². The summed E-state index contributed by atoms with van der Waals surface area (Å²) in [6.07, 6.45) is 1.04. The first kappa shape index (κ1) is 16.1. The zero-order chi connectivity index (χ0) is 15.0. The molecule has 0 saturated heterocycles. The molecule has 0 radical (unpaired) electrons. The molecular weight excluding hydrogens is 258 g/mol. The van der Waals surface area contributed by atoms with E-state index in [1.807, 2.05) is 6.92 Å². The average molecular weight is 279 g/mol.